The number of amides is 1. The van der Waals surface area contributed by atoms with Gasteiger partial charge in [0.1, 0.15) is 0 Å². The number of hydrogen-bond donors (Lipinski definition) is 1. The van der Waals surface area contributed by atoms with E-state index < -0.39 is 5.82 Å². The smallest absolute Gasteiger partial charge is 0.257 e. The number of nitrogens with zero attached hydrogens (tertiary/aromatic N) is 2. The largest absolute Gasteiger partial charge is 0.371 e. The Morgan fingerprint density at radius 2 is 2.29 bits per heavy atom. The summed E-state index contributed by atoms with van der Waals surface area (Å²) in [6.07, 6.45) is 4.60. The number of pyridine rings is 1. The number of hydrogen-bond acceptors (Lipinski definition) is 3. The summed E-state index contributed by atoms with van der Waals surface area (Å²) in [5, 5.41) is 2.63. The average Bonchev–Trinajstić information content (AvgIpc) is 2.26. The zero-order chi connectivity index (χ0) is 12.4. The van der Waals surface area contributed by atoms with Crippen molar-refractivity contribution in [1.82, 2.24) is 9.88 Å². The van der Waals surface area contributed by atoms with E-state index in [0.717, 1.165) is 19.3 Å². The molecule has 2 rings (SSSR count). The second kappa shape index (κ2) is 4.69. The number of halogens is 1. The van der Waals surface area contributed by atoms with Crippen LogP contribution in [0.3, 0.4) is 0 Å². The van der Waals surface area contributed by atoms with Crippen molar-refractivity contribution in [2.24, 2.45) is 0 Å². The lowest BCUT2D eigenvalue weighted by atomic mass is 9.91. The first-order valence-electron chi connectivity index (χ1n) is 5.74. The molecule has 0 atom stereocenters. The third kappa shape index (κ3) is 2.09. The van der Waals surface area contributed by atoms with Crippen molar-refractivity contribution in [3.8, 4) is 0 Å². The van der Waals surface area contributed by atoms with E-state index in [4.69, 9.17) is 0 Å². The number of carbonyl (C=O) groups excluding carboxylic acids is 1. The van der Waals surface area contributed by atoms with E-state index in [-0.39, 0.29) is 23.3 Å². The molecule has 5 heteroatoms. The summed E-state index contributed by atoms with van der Waals surface area (Å²) >= 11 is 0. The van der Waals surface area contributed by atoms with E-state index >= 15 is 0 Å². The second-order valence-electron chi connectivity index (χ2n) is 4.27. The van der Waals surface area contributed by atoms with Crippen LogP contribution >= 0.6 is 0 Å². The maximum absolute atomic E-state index is 13.9. The molecule has 4 nitrogen and oxygen atoms in total. The van der Waals surface area contributed by atoms with Crippen molar-refractivity contribution >= 4 is 11.7 Å². The maximum Gasteiger partial charge on any atom is 0.257 e. The van der Waals surface area contributed by atoms with Gasteiger partial charge in [-0.15, -0.1) is 0 Å². The van der Waals surface area contributed by atoms with Crippen molar-refractivity contribution < 1.29 is 9.18 Å². The molecular weight excluding hydrogens is 221 g/mol. The monoisotopic (exact) mass is 237 g/mol. The summed E-state index contributed by atoms with van der Waals surface area (Å²) in [4.78, 5) is 17.5. The maximum atomic E-state index is 13.9. The molecule has 0 bridgehead atoms. The summed E-state index contributed by atoms with van der Waals surface area (Å²) in [7, 11) is 3.31. The molecule has 1 amide bonds. The van der Waals surface area contributed by atoms with Gasteiger partial charge in [0.25, 0.3) is 5.91 Å². The Labute approximate surface area is 99.8 Å². The van der Waals surface area contributed by atoms with Crippen LogP contribution in [0, 0.1) is 5.82 Å². The summed E-state index contributed by atoms with van der Waals surface area (Å²) in [5.74, 6) is -0.741. The Bertz CT molecular complexity index is 432. The Balaban J connectivity index is 2.23. The highest BCUT2D eigenvalue weighted by molar-refractivity contribution is 5.95. The van der Waals surface area contributed by atoms with E-state index in [2.05, 4.69) is 10.3 Å². The van der Waals surface area contributed by atoms with Crippen molar-refractivity contribution in [2.75, 3.05) is 19.4 Å². The fourth-order valence-corrected chi connectivity index (χ4v) is 1.91. The number of carbonyl (C=O) groups is 1. The first-order chi connectivity index (χ1) is 8.15. The molecule has 0 saturated heterocycles. The van der Waals surface area contributed by atoms with E-state index in [0.29, 0.717) is 0 Å². The number of anilines is 1. The lowest BCUT2D eigenvalue weighted by Gasteiger charge is -2.34. The van der Waals surface area contributed by atoms with Gasteiger partial charge < -0.3 is 10.2 Å². The summed E-state index contributed by atoms with van der Waals surface area (Å²) in [6, 6.07) is 1.68. The number of rotatable bonds is 3. The highest BCUT2D eigenvalue weighted by Gasteiger charge is 2.28. The topological polar surface area (TPSA) is 45.2 Å². The van der Waals surface area contributed by atoms with Gasteiger partial charge in [-0.1, -0.05) is 0 Å². The third-order valence-electron chi connectivity index (χ3n) is 3.30. The molecule has 1 fully saturated rings. The highest BCUT2D eigenvalue weighted by atomic mass is 19.1. The molecule has 92 valence electrons. The van der Waals surface area contributed by atoms with Crippen LogP contribution in [0.25, 0.3) is 0 Å². The first-order valence-corrected chi connectivity index (χ1v) is 5.74. The average molecular weight is 237 g/mol. The summed E-state index contributed by atoms with van der Waals surface area (Å²) in [6.45, 7) is 0. The molecule has 17 heavy (non-hydrogen) atoms. The van der Waals surface area contributed by atoms with Gasteiger partial charge in [-0.05, 0) is 25.3 Å². The fourth-order valence-electron chi connectivity index (χ4n) is 1.91. The summed E-state index contributed by atoms with van der Waals surface area (Å²) in [5.41, 5.74) is 0.0822. The van der Waals surface area contributed by atoms with Crippen molar-refractivity contribution in [1.29, 1.82) is 0 Å². The van der Waals surface area contributed by atoms with Crippen LogP contribution in [-0.2, 0) is 0 Å². The van der Waals surface area contributed by atoms with E-state index in [1.54, 1.807) is 19.0 Å². The molecule has 1 aliphatic carbocycles. The zero-order valence-electron chi connectivity index (χ0n) is 10.0. The molecule has 0 spiro atoms. The highest BCUT2D eigenvalue weighted by Crippen LogP contribution is 2.26. The normalized spacial score (nSPS) is 15.2. The van der Waals surface area contributed by atoms with E-state index in [9.17, 15) is 9.18 Å². The molecular formula is C12H16FN3O. The van der Waals surface area contributed by atoms with Crippen molar-refractivity contribution in [3.05, 3.63) is 23.6 Å². The van der Waals surface area contributed by atoms with Gasteiger partial charge in [-0.25, -0.2) is 9.37 Å². The minimum absolute atomic E-state index is 0.0822. The summed E-state index contributed by atoms with van der Waals surface area (Å²) < 4.78 is 13.9. The predicted molar refractivity (Wildman–Crippen MR) is 63.5 cm³/mol. The molecule has 1 aromatic rings. The SMILES string of the molecule is CNc1nccc(C(=O)N(C)C2CCC2)c1F. The second-order valence-corrected chi connectivity index (χ2v) is 4.27. The van der Waals surface area contributed by atoms with Gasteiger partial charge >= 0.3 is 0 Å². The van der Waals surface area contributed by atoms with E-state index in [1.165, 1.54) is 12.3 Å². The van der Waals surface area contributed by atoms with Crippen LogP contribution in [0.1, 0.15) is 29.6 Å². The lowest BCUT2D eigenvalue weighted by molar-refractivity contribution is 0.0647. The molecule has 0 radical (unpaired) electrons. The zero-order valence-corrected chi connectivity index (χ0v) is 10.0. The van der Waals surface area contributed by atoms with Crippen LogP contribution in [0.4, 0.5) is 10.2 Å². The molecule has 1 heterocycles. The standard InChI is InChI=1S/C12H16FN3O/c1-14-11-10(13)9(6-7-15-11)12(17)16(2)8-4-3-5-8/h6-8H,3-5H2,1-2H3,(H,14,15). The molecule has 0 aliphatic heterocycles. The Morgan fingerprint density at radius 1 is 1.59 bits per heavy atom. The molecule has 1 saturated carbocycles. The Kier molecular flexibility index (Phi) is 3.26. The third-order valence-corrected chi connectivity index (χ3v) is 3.30. The van der Waals surface area contributed by atoms with Gasteiger partial charge in [0, 0.05) is 26.3 Å². The van der Waals surface area contributed by atoms with Crippen LogP contribution < -0.4 is 5.32 Å². The van der Waals surface area contributed by atoms with Crippen LogP contribution in [-0.4, -0.2) is 35.9 Å². The quantitative estimate of drug-likeness (QED) is 0.873. The van der Waals surface area contributed by atoms with Crippen LogP contribution in [0.15, 0.2) is 12.3 Å². The van der Waals surface area contributed by atoms with Crippen molar-refractivity contribution in [3.63, 3.8) is 0 Å². The van der Waals surface area contributed by atoms with Gasteiger partial charge in [0.15, 0.2) is 11.6 Å². The van der Waals surface area contributed by atoms with Gasteiger partial charge in [-0.3, -0.25) is 4.79 Å². The lowest BCUT2D eigenvalue weighted by Crippen LogP contribution is -2.41. The molecule has 1 N–H and O–H groups in total. The van der Waals surface area contributed by atoms with E-state index in [1.807, 2.05) is 0 Å². The molecule has 1 aliphatic rings. The molecule has 1 aromatic heterocycles. The first kappa shape index (κ1) is 11.8. The minimum atomic E-state index is -0.578. The van der Waals surface area contributed by atoms with Crippen LogP contribution in [0.2, 0.25) is 0 Å². The number of nitrogens with one attached hydrogen (secondary N) is 1. The van der Waals surface area contributed by atoms with Gasteiger partial charge in [-0.2, -0.15) is 0 Å². The van der Waals surface area contributed by atoms with Gasteiger partial charge in [0.05, 0.1) is 5.56 Å². The predicted octanol–water partition coefficient (Wildman–Crippen LogP) is 1.89. The number of aromatic nitrogens is 1. The molecule has 0 unspecified atom stereocenters. The Hall–Kier alpha value is -1.65. The molecule has 0 aromatic carbocycles. The fraction of sp³-hybridized carbons (Fsp3) is 0.500. The Morgan fingerprint density at radius 3 is 2.82 bits per heavy atom. The van der Waals surface area contributed by atoms with Crippen molar-refractivity contribution in [2.45, 2.75) is 25.3 Å². The minimum Gasteiger partial charge on any atom is -0.371 e. The van der Waals surface area contributed by atoms with Crippen LogP contribution in [0.5, 0.6) is 0 Å². The van der Waals surface area contributed by atoms with Gasteiger partial charge in [0.2, 0.25) is 0 Å².